The van der Waals surface area contributed by atoms with Crippen molar-refractivity contribution < 1.29 is 9.34 Å². The molecule has 2 aromatic rings. The molecule has 2 aromatic heterocycles. The molecule has 0 aliphatic carbocycles. The fourth-order valence-corrected chi connectivity index (χ4v) is 1.40. The van der Waals surface area contributed by atoms with Gasteiger partial charge in [-0.25, -0.2) is 0 Å². The van der Waals surface area contributed by atoms with Gasteiger partial charge in [-0.15, -0.1) is 0 Å². The first-order valence-electron chi connectivity index (χ1n) is 5.01. The lowest BCUT2D eigenvalue weighted by Crippen LogP contribution is -1.84. The summed E-state index contributed by atoms with van der Waals surface area (Å²) in [6.45, 7) is 1.87. The number of rotatable bonds is 3. The van der Waals surface area contributed by atoms with Crippen LogP contribution in [-0.2, 0) is 0 Å². The Bertz CT molecular complexity index is 558. The standard InChI is InChI=1S/C12H10N2O3/c1-9(11-4-2-3-7-13-11)8-10-5-6-12(17-10)14(15)16/h2-8H,1H3. The number of allylic oxidation sites excluding steroid dienone is 1. The normalized spacial score (nSPS) is 11.5. The monoisotopic (exact) mass is 230 g/mol. The minimum absolute atomic E-state index is 0.259. The maximum Gasteiger partial charge on any atom is 0.433 e. The molecular weight excluding hydrogens is 220 g/mol. The molecule has 0 amide bonds. The molecule has 2 heterocycles. The van der Waals surface area contributed by atoms with Crippen LogP contribution in [0.5, 0.6) is 0 Å². The summed E-state index contributed by atoms with van der Waals surface area (Å²) in [5, 5.41) is 10.4. The molecule has 0 N–H and O–H groups in total. The predicted molar refractivity (Wildman–Crippen MR) is 63.1 cm³/mol. The van der Waals surface area contributed by atoms with Crippen LogP contribution in [-0.4, -0.2) is 9.91 Å². The van der Waals surface area contributed by atoms with Crippen molar-refractivity contribution in [2.24, 2.45) is 0 Å². The first-order chi connectivity index (χ1) is 8.16. The van der Waals surface area contributed by atoms with Crippen LogP contribution in [0.1, 0.15) is 18.4 Å². The minimum atomic E-state index is -0.562. The van der Waals surface area contributed by atoms with Gasteiger partial charge < -0.3 is 4.42 Å². The van der Waals surface area contributed by atoms with E-state index in [-0.39, 0.29) is 5.88 Å². The van der Waals surface area contributed by atoms with Gasteiger partial charge >= 0.3 is 5.88 Å². The fourth-order valence-electron chi connectivity index (χ4n) is 1.40. The summed E-state index contributed by atoms with van der Waals surface area (Å²) in [5.74, 6) is 0.185. The van der Waals surface area contributed by atoms with Crippen LogP contribution in [0.3, 0.4) is 0 Å². The van der Waals surface area contributed by atoms with Crippen LogP contribution in [0.15, 0.2) is 40.9 Å². The second-order valence-electron chi connectivity index (χ2n) is 3.48. The Labute approximate surface area is 97.6 Å². The van der Waals surface area contributed by atoms with Crippen LogP contribution in [0.2, 0.25) is 0 Å². The van der Waals surface area contributed by atoms with E-state index in [1.54, 1.807) is 18.3 Å². The summed E-state index contributed by atoms with van der Waals surface area (Å²) < 4.78 is 5.03. The Balaban J connectivity index is 2.27. The Kier molecular flexibility index (Phi) is 3.00. The van der Waals surface area contributed by atoms with Gasteiger partial charge in [0.2, 0.25) is 0 Å². The summed E-state index contributed by atoms with van der Waals surface area (Å²) in [4.78, 5) is 14.1. The molecule has 0 saturated carbocycles. The van der Waals surface area contributed by atoms with Crippen molar-refractivity contribution in [2.75, 3.05) is 0 Å². The Morgan fingerprint density at radius 3 is 2.82 bits per heavy atom. The van der Waals surface area contributed by atoms with Crippen molar-refractivity contribution in [3.05, 3.63) is 58.1 Å². The fraction of sp³-hybridized carbons (Fsp3) is 0.0833. The molecule has 0 aromatic carbocycles. The van der Waals surface area contributed by atoms with Crippen LogP contribution in [0, 0.1) is 10.1 Å². The molecule has 86 valence electrons. The van der Waals surface area contributed by atoms with Crippen LogP contribution in [0.25, 0.3) is 11.6 Å². The van der Waals surface area contributed by atoms with E-state index >= 15 is 0 Å². The highest BCUT2D eigenvalue weighted by Gasteiger charge is 2.10. The maximum atomic E-state index is 10.4. The Hall–Kier alpha value is -2.43. The van der Waals surface area contributed by atoms with E-state index in [1.807, 2.05) is 25.1 Å². The van der Waals surface area contributed by atoms with Gasteiger partial charge in [0, 0.05) is 6.20 Å². The third-order valence-corrected chi connectivity index (χ3v) is 2.22. The summed E-state index contributed by atoms with van der Waals surface area (Å²) >= 11 is 0. The summed E-state index contributed by atoms with van der Waals surface area (Å²) in [6, 6.07) is 8.46. The van der Waals surface area contributed by atoms with E-state index in [1.165, 1.54) is 6.07 Å². The molecule has 0 aliphatic rings. The number of hydrogen-bond acceptors (Lipinski definition) is 4. The molecule has 2 rings (SSSR count). The summed E-state index contributed by atoms with van der Waals surface area (Å²) in [6.07, 6.45) is 3.41. The molecule has 0 unspecified atom stereocenters. The van der Waals surface area contributed by atoms with Gasteiger partial charge in [-0.05, 0) is 36.8 Å². The van der Waals surface area contributed by atoms with Crippen LogP contribution in [0.4, 0.5) is 5.88 Å². The predicted octanol–water partition coefficient (Wildman–Crippen LogP) is 3.14. The molecule has 0 spiro atoms. The van der Waals surface area contributed by atoms with Crippen molar-refractivity contribution in [3.63, 3.8) is 0 Å². The molecule has 5 nitrogen and oxygen atoms in total. The van der Waals surface area contributed by atoms with Gasteiger partial charge in [0.05, 0.1) is 11.8 Å². The molecule has 0 saturated heterocycles. The zero-order chi connectivity index (χ0) is 12.3. The van der Waals surface area contributed by atoms with Crippen molar-refractivity contribution >= 4 is 17.5 Å². The van der Waals surface area contributed by atoms with Gasteiger partial charge in [0.15, 0.2) is 0 Å². The van der Waals surface area contributed by atoms with E-state index in [4.69, 9.17) is 4.42 Å². The van der Waals surface area contributed by atoms with Crippen molar-refractivity contribution in [1.82, 2.24) is 4.98 Å². The molecule has 0 bridgehead atoms. The molecular formula is C12H10N2O3. The van der Waals surface area contributed by atoms with Gasteiger partial charge in [0.1, 0.15) is 10.7 Å². The molecule has 17 heavy (non-hydrogen) atoms. The SMILES string of the molecule is CC(=Cc1ccc([N+](=O)[O-])o1)c1ccccn1. The molecule has 0 aliphatic heterocycles. The largest absolute Gasteiger partial charge is 0.433 e. The second kappa shape index (κ2) is 4.61. The Morgan fingerprint density at radius 2 is 2.24 bits per heavy atom. The van der Waals surface area contributed by atoms with Crippen molar-refractivity contribution in [1.29, 1.82) is 0 Å². The van der Waals surface area contributed by atoms with Gasteiger partial charge in [-0.3, -0.25) is 15.1 Å². The molecule has 0 fully saturated rings. The average molecular weight is 230 g/mol. The second-order valence-corrected chi connectivity index (χ2v) is 3.48. The third kappa shape index (κ3) is 2.57. The molecule has 0 radical (unpaired) electrons. The van der Waals surface area contributed by atoms with E-state index in [9.17, 15) is 10.1 Å². The van der Waals surface area contributed by atoms with Crippen molar-refractivity contribution in [3.8, 4) is 0 Å². The molecule has 0 atom stereocenters. The lowest BCUT2D eigenvalue weighted by molar-refractivity contribution is -0.402. The van der Waals surface area contributed by atoms with Gasteiger partial charge in [-0.2, -0.15) is 0 Å². The quantitative estimate of drug-likeness (QED) is 0.600. The van der Waals surface area contributed by atoms with Crippen LogP contribution < -0.4 is 0 Å². The highest BCUT2D eigenvalue weighted by Crippen LogP contribution is 2.20. The summed E-state index contributed by atoms with van der Waals surface area (Å²) in [5.41, 5.74) is 1.70. The number of aromatic nitrogens is 1. The number of hydrogen-bond donors (Lipinski definition) is 0. The zero-order valence-corrected chi connectivity index (χ0v) is 9.16. The van der Waals surface area contributed by atoms with E-state index < -0.39 is 4.92 Å². The lowest BCUT2D eigenvalue weighted by Gasteiger charge is -1.97. The number of nitro groups is 1. The van der Waals surface area contributed by atoms with Crippen LogP contribution >= 0.6 is 0 Å². The average Bonchev–Trinajstić information content (AvgIpc) is 2.79. The highest BCUT2D eigenvalue weighted by molar-refractivity contribution is 5.77. The topological polar surface area (TPSA) is 69.2 Å². The van der Waals surface area contributed by atoms with Gasteiger partial charge in [-0.1, -0.05) is 6.07 Å². The maximum absolute atomic E-state index is 10.4. The number of pyridine rings is 1. The van der Waals surface area contributed by atoms with Crippen molar-refractivity contribution in [2.45, 2.75) is 6.92 Å². The smallest absolute Gasteiger partial charge is 0.401 e. The van der Waals surface area contributed by atoms with E-state index in [0.717, 1.165) is 11.3 Å². The van der Waals surface area contributed by atoms with E-state index in [0.29, 0.717) is 5.76 Å². The first-order valence-corrected chi connectivity index (χ1v) is 5.01. The lowest BCUT2D eigenvalue weighted by atomic mass is 10.2. The third-order valence-electron chi connectivity index (χ3n) is 2.22. The zero-order valence-electron chi connectivity index (χ0n) is 9.16. The number of furan rings is 1. The van der Waals surface area contributed by atoms with E-state index in [2.05, 4.69) is 4.98 Å². The minimum Gasteiger partial charge on any atom is -0.401 e. The summed E-state index contributed by atoms with van der Waals surface area (Å²) in [7, 11) is 0. The molecule has 5 heteroatoms. The Morgan fingerprint density at radius 1 is 1.41 bits per heavy atom. The van der Waals surface area contributed by atoms with Gasteiger partial charge in [0.25, 0.3) is 0 Å². The first kappa shape index (κ1) is 11.1. The highest BCUT2D eigenvalue weighted by atomic mass is 16.6. The number of nitrogens with zero attached hydrogens (tertiary/aromatic N) is 2.